The molecule has 1 aromatic heterocycles. The lowest BCUT2D eigenvalue weighted by Gasteiger charge is -2.09. The SMILES string of the molecule is CCCCc1cccnc1-c1ccc(O)c(O)c1. The van der Waals surface area contributed by atoms with Crippen LogP contribution in [0.25, 0.3) is 11.3 Å². The van der Waals surface area contributed by atoms with E-state index in [2.05, 4.69) is 18.0 Å². The summed E-state index contributed by atoms with van der Waals surface area (Å²) in [7, 11) is 0. The van der Waals surface area contributed by atoms with Gasteiger partial charge in [-0.2, -0.15) is 0 Å². The molecule has 0 saturated heterocycles. The second-order valence-corrected chi connectivity index (χ2v) is 4.32. The molecule has 2 aromatic rings. The predicted octanol–water partition coefficient (Wildman–Crippen LogP) is 3.50. The van der Waals surface area contributed by atoms with E-state index in [-0.39, 0.29) is 11.5 Å². The highest BCUT2D eigenvalue weighted by Crippen LogP contribution is 2.31. The van der Waals surface area contributed by atoms with Crippen molar-refractivity contribution < 1.29 is 10.2 Å². The fourth-order valence-electron chi connectivity index (χ4n) is 1.94. The fraction of sp³-hybridized carbons (Fsp3) is 0.267. The molecular formula is C15H17NO2. The smallest absolute Gasteiger partial charge is 0.158 e. The molecule has 2 rings (SSSR count). The molecule has 0 unspecified atom stereocenters. The Morgan fingerprint density at radius 2 is 1.94 bits per heavy atom. The van der Waals surface area contributed by atoms with Gasteiger partial charge in [-0.3, -0.25) is 4.98 Å². The van der Waals surface area contributed by atoms with E-state index >= 15 is 0 Å². The molecule has 3 heteroatoms. The maximum Gasteiger partial charge on any atom is 0.158 e. The number of phenolic OH excluding ortho intramolecular Hbond substituents is 2. The van der Waals surface area contributed by atoms with E-state index in [0.717, 1.165) is 30.5 Å². The minimum atomic E-state index is -0.111. The van der Waals surface area contributed by atoms with Crippen molar-refractivity contribution in [3.63, 3.8) is 0 Å². The van der Waals surface area contributed by atoms with Gasteiger partial charge in [-0.1, -0.05) is 19.4 Å². The Hall–Kier alpha value is -2.03. The first-order chi connectivity index (χ1) is 8.72. The Morgan fingerprint density at radius 3 is 2.67 bits per heavy atom. The quantitative estimate of drug-likeness (QED) is 0.808. The van der Waals surface area contributed by atoms with Crippen molar-refractivity contribution in [2.24, 2.45) is 0 Å². The Bertz CT molecular complexity index is 538. The van der Waals surface area contributed by atoms with Crippen molar-refractivity contribution in [1.29, 1.82) is 0 Å². The highest BCUT2D eigenvalue weighted by atomic mass is 16.3. The topological polar surface area (TPSA) is 53.4 Å². The van der Waals surface area contributed by atoms with Gasteiger partial charge in [-0.25, -0.2) is 0 Å². The Kier molecular flexibility index (Phi) is 3.82. The number of benzene rings is 1. The molecule has 0 radical (unpaired) electrons. The number of aromatic hydroxyl groups is 2. The van der Waals surface area contributed by atoms with Gasteiger partial charge in [-0.05, 0) is 42.7 Å². The molecule has 0 saturated carbocycles. The largest absolute Gasteiger partial charge is 0.504 e. The van der Waals surface area contributed by atoms with Gasteiger partial charge in [0.15, 0.2) is 11.5 Å². The van der Waals surface area contributed by atoms with Crippen LogP contribution in [0.5, 0.6) is 11.5 Å². The van der Waals surface area contributed by atoms with E-state index in [1.54, 1.807) is 18.3 Å². The molecule has 1 aromatic carbocycles. The molecule has 18 heavy (non-hydrogen) atoms. The third-order valence-corrected chi connectivity index (χ3v) is 2.94. The normalized spacial score (nSPS) is 10.5. The number of hydrogen-bond acceptors (Lipinski definition) is 3. The van der Waals surface area contributed by atoms with Crippen LogP contribution in [0.3, 0.4) is 0 Å². The first-order valence-electron chi connectivity index (χ1n) is 6.18. The summed E-state index contributed by atoms with van der Waals surface area (Å²) in [5.74, 6) is -0.218. The lowest BCUT2D eigenvalue weighted by atomic mass is 10.0. The number of aromatic nitrogens is 1. The molecular weight excluding hydrogens is 226 g/mol. The molecule has 0 aliphatic carbocycles. The van der Waals surface area contributed by atoms with E-state index in [4.69, 9.17) is 0 Å². The number of unbranched alkanes of at least 4 members (excludes halogenated alkanes) is 1. The first kappa shape index (κ1) is 12.4. The van der Waals surface area contributed by atoms with Crippen molar-refractivity contribution in [3.05, 3.63) is 42.1 Å². The number of pyridine rings is 1. The Morgan fingerprint density at radius 1 is 1.11 bits per heavy atom. The zero-order chi connectivity index (χ0) is 13.0. The molecule has 0 aliphatic heterocycles. The Balaban J connectivity index is 2.39. The second kappa shape index (κ2) is 5.54. The van der Waals surface area contributed by atoms with Gasteiger partial charge in [0.1, 0.15) is 0 Å². The van der Waals surface area contributed by atoms with Gasteiger partial charge >= 0.3 is 0 Å². The van der Waals surface area contributed by atoms with Gasteiger partial charge in [0, 0.05) is 11.8 Å². The molecule has 94 valence electrons. The number of rotatable bonds is 4. The van der Waals surface area contributed by atoms with Crippen LogP contribution >= 0.6 is 0 Å². The van der Waals surface area contributed by atoms with Crippen LogP contribution in [0, 0.1) is 0 Å². The van der Waals surface area contributed by atoms with Crippen molar-refractivity contribution in [3.8, 4) is 22.8 Å². The minimum Gasteiger partial charge on any atom is -0.504 e. The van der Waals surface area contributed by atoms with Crippen molar-refractivity contribution in [1.82, 2.24) is 4.98 Å². The van der Waals surface area contributed by atoms with E-state index in [1.165, 1.54) is 11.6 Å². The summed E-state index contributed by atoms with van der Waals surface area (Å²) in [6, 6.07) is 8.79. The number of hydrogen-bond donors (Lipinski definition) is 2. The molecule has 3 nitrogen and oxygen atoms in total. The van der Waals surface area contributed by atoms with Crippen LogP contribution in [0.4, 0.5) is 0 Å². The molecule has 0 atom stereocenters. The standard InChI is InChI=1S/C15H17NO2/c1-2-3-5-11-6-4-9-16-15(11)12-7-8-13(17)14(18)10-12/h4,6-10,17-18H,2-3,5H2,1H3. The summed E-state index contributed by atoms with van der Waals surface area (Å²) >= 11 is 0. The second-order valence-electron chi connectivity index (χ2n) is 4.32. The zero-order valence-corrected chi connectivity index (χ0v) is 10.4. The van der Waals surface area contributed by atoms with Crippen molar-refractivity contribution in [2.45, 2.75) is 26.2 Å². The van der Waals surface area contributed by atoms with Gasteiger partial charge in [0.2, 0.25) is 0 Å². The highest BCUT2D eigenvalue weighted by molar-refractivity contribution is 5.66. The Labute approximate surface area is 107 Å². The molecule has 0 aliphatic rings. The van der Waals surface area contributed by atoms with Gasteiger partial charge in [0.25, 0.3) is 0 Å². The minimum absolute atomic E-state index is 0.107. The maximum atomic E-state index is 9.55. The van der Waals surface area contributed by atoms with Gasteiger partial charge < -0.3 is 10.2 Å². The number of phenols is 2. The monoisotopic (exact) mass is 243 g/mol. The lowest BCUT2D eigenvalue weighted by Crippen LogP contribution is -1.93. The summed E-state index contributed by atoms with van der Waals surface area (Å²) < 4.78 is 0. The summed E-state index contributed by atoms with van der Waals surface area (Å²) in [6.07, 6.45) is 4.97. The van der Waals surface area contributed by atoms with E-state index < -0.39 is 0 Å². The van der Waals surface area contributed by atoms with Crippen LogP contribution in [0.1, 0.15) is 25.3 Å². The van der Waals surface area contributed by atoms with Crippen molar-refractivity contribution in [2.75, 3.05) is 0 Å². The maximum absolute atomic E-state index is 9.55. The average Bonchev–Trinajstić information content (AvgIpc) is 2.40. The summed E-state index contributed by atoms with van der Waals surface area (Å²) in [4.78, 5) is 4.38. The summed E-state index contributed by atoms with van der Waals surface area (Å²) in [5.41, 5.74) is 2.88. The summed E-state index contributed by atoms with van der Waals surface area (Å²) in [5, 5.41) is 18.9. The van der Waals surface area contributed by atoms with Crippen LogP contribution < -0.4 is 0 Å². The number of nitrogens with zero attached hydrogens (tertiary/aromatic N) is 1. The molecule has 0 amide bonds. The van der Waals surface area contributed by atoms with Gasteiger partial charge in [-0.15, -0.1) is 0 Å². The fourth-order valence-corrected chi connectivity index (χ4v) is 1.94. The molecule has 0 spiro atoms. The van der Waals surface area contributed by atoms with E-state index in [1.807, 2.05) is 6.07 Å². The number of aryl methyl sites for hydroxylation is 1. The van der Waals surface area contributed by atoms with Crippen LogP contribution in [-0.4, -0.2) is 15.2 Å². The molecule has 0 fully saturated rings. The van der Waals surface area contributed by atoms with Crippen molar-refractivity contribution >= 4 is 0 Å². The lowest BCUT2D eigenvalue weighted by molar-refractivity contribution is 0.404. The third kappa shape index (κ3) is 2.62. The predicted molar refractivity (Wildman–Crippen MR) is 71.6 cm³/mol. The van der Waals surface area contributed by atoms with Crippen LogP contribution in [0.2, 0.25) is 0 Å². The van der Waals surface area contributed by atoms with Crippen LogP contribution in [0.15, 0.2) is 36.5 Å². The molecule has 1 heterocycles. The summed E-state index contributed by atoms with van der Waals surface area (Å²) in [6.45, 7) is 2.16. The van der Waals surface area contributed by atoms with Gasteiger partial charge in [0.05, 0.1) is 5.69 Å². The zero-order valence-electron chi connectivity index (χ0n) is 10.4. The molecule has 0 bridgehead atoms. The third-order valence-electron chi connectivity index (χ3n) is 2.94. The average molecular weight is 243 g/mol. The van der Waals surface area contributed by atoms with Crippen LogP contribution in [-0.2, 0) is 6.42 Å². The van der Waals surface area contributed by atoms with E-state index in [9.17, 15) is 10.2 Å². The first-order valence-corrected chi connectivity index (χ1v) is 6.18. The highest BCUT2D eigenvalue weighted by Gasteiger charge is 2.08. The van der Waals surface area contributed by atoms with E-state index in [0.29, 0.717) is 0 Å². The molecule has 2 N–H and O–H groups in total.